The second kappa shape index (κ2) is 3.29. The highest BCUT2D eigenvalue weighted by Crippen LogP contribution is 2.28. The lowest BCUT2D eigenvalue weighted by Crippen LogP contribution is -2.16. The van der Waals surface area contributed by atoms with E-state index in [1.54, 1.807) is 30.6 Å². The van der Waals surface area contributed by atoms with E-state index in [0.717, 1.165) is 11.4 Å². The molecule has 1 aliphatic heterocycles. The molecule has 0 bridgehead atoms. The van der Waals surface area contributed by atoms with Crippen LogP contribution in [-0.4, -0.2) is 6.09 Å². The predicted octanol–water partition coefficient (Wildman–Crippen LogP) is 1.45. The number of primary amides is 1. The molecule has 0 spiro atoms. The number of carbonyl (C=O) groups is 1. The maximum Gasteiger partial charge on any atom is 0.409 e. The molecule has 72 valence electrons. The van der Waals surface area contributed by atoms with E-state index in [-0.39, 0.29) is 0 Å². The summed E-state index contributed by atoms with van der Waals surface area (Å²) < 4.78 is 4.73. The van der Waals surface area contributed by atoms with E-state index < -0.39 is 6.09 Å². The second-order valence-corrected chi connectivity index (χ2v) is 2.75. The monoisotopic (exact) mass is 191 g/mol. The molecule has 0 saturated carbocycles. The Morgan fingerprint density at radius 1 is 1.21 bits per heavy atom. The topological polar surface area (TPSA) is 76.4 Å². The lowest BCUT2D eigenvalue weighted by Gasteiger charge is -2.14. The van der Waals surface area contributed by atoms with Gasteiger partial charge in [-0.3, -0.25) is 0 Å². The Morgan fingerprint density at radius 2 is 1.93 bits per heavy atom. The summed E-state index contributed by atoms with van der Waals surface area (Å²) in [6, 6.07) is 5.15. The summed E-state index contributed by atoms with van der Waals surface area (Å²) in [5.74, 6) is 0.417. The molecule has 0 atom stereocenters. The number of benzene rings is 1. The van der Waals surface area contributed by atoms with Crippen LogP contribution >= 0.6 is 0 Å². The molecule has 0 aromatic heterocycles. The average molecular weight is 191 g/mol. The highest BCUT2D eigenvalue weighted by Gasteiger charge is 2.06. The molecule has 1 aliphatic rings. The van der Waals surface area contributed by atoms with Gasteiger partial charge in [-0.05, 0) is 12.1 Å². The minimum atomic E-state index is -0.815. The van der Waals surface area contributed by atoms with Crippen molar-refractivity contribution in [2.45, 2.75) is 0 Å². The van der Waals surface area contributed by atoms with Gasteiger partial charge in [0.1, 0.15) is 5.75 Å². The van der Waals surface area contributed by atoms with Crippen molar-refractivity contribution in [3.05, 3.63) is 30.6 Å². The molecular formula is C9H9N3O2. The van der Waals surface area contributed by atoms with E-state index in [1.165, 1.54) is 0 Å². The number of anilines is 2. The fourth-order valence-corrected chi connectivity index (χ4v) is 1.21. The summed E-state index contributed by atoms with van der Waals surface area (Å²) in [5.41, 5.74) is 6.65. The molecule has 2 rings (SSSR count). The fourth-order valence-electron chi connectivity index (χ4n) is 1.21. The lowest BCUT2D eigenvalue weighted by atomic mass is 10.2. The Kier molecular flexibility index (Phi) is 1.98. The first-order chi connectivity index (χ1) is 6.75. The van der Waals surface area contributed by atoms with Crippen molar-refractivity contribution in [2.75, 3.05) is 10.6 Å². The Bertz CT molecular complexity index is 401. The number of hydrogen-bond acceptors (Lipinski definition) is 4. The first-order valence-electron chi connectivity index (χ1n) is 4.05. The number of ether oxygens (including phenoxy) is 1. The Hall–Kier alpha value is -2.17. The third kappa shape index (κ3) is 1.61. The van der Waals surface area contributed by atoms with Gasteiger partial charge in [-0.15, -0.1) is 0 Å². The van der Waals surface area contributed by atoms with E-state index in [9.17, 15) is 4.79 Å². The van der Waals surface area contributed by atoms with Crippen LogP contribution in [0.5, 0.6) is 5.75 Å². The quantitative estimate of drug-likeness (QED) is 0.628. The van der Waals surface area contributed by atoms with Crippen molar-refractivity contribution in [2.24, 2.45) is 5.73 Å². The van der Waals surface area contributed by atoms with Gasteiger partial charge in [-0.1, -0.05) is 0 Å². The number of amides is 1. The summed E-state index contributed by atoms with van der Waals surface area (Å²) in [4.78, 5) is 10.5. The molecule has 1 aromatic carbocycles. The third-order valence-electron chi connectivity index (χ3n) is 1.77. The average Bonchev–Trinajstić information content (AvgIpc) is 2.17. The molecule has 14 heavy (non-hydrogen) atoms. The number of hydrogen-bond donors (Lipinski definition) is 3. The normalized spacial score (nSPS) is 12.3. The zero-order chi connectivity index (χ0) is 9.97. The van der Waals surface area contributed by atoms with Gasteiger partial charge in [0.2, 0.25) is 0 Å². The first-order valence-corrected chi connectivity index (χ1v) is 4.05. The summed E-state index contributed by atoms with van der Waals surface area (Å²) in [7, 11) is 0. The maximum absolute atomic E-state index is 10.5. The van der Waals surface area contributed by atoms with Gasteiger partial charge in [-0.25, -0.2) is 4.79 Å². The summed E-state index contributed by atoms with van der Waals surface area (Å²) >= 11 is 0. The van der Waals surface area contributed by atoms with E-state index in [0.29, 0.717) is 5.75 Å². The van der Waals surface area contributed by atoms with Gasteiger partial charge in [0.05, 0.1) is 11.4 Å². The minimum Gasteiger partial charge on any atom is -0.410 e. The van der Waals surface area contributed by atoms with Crippen LogP contribution in [-0.2, 0) is 0 Å². The van der Waals surface area contributed by atoms with Crippen LogP contribution in [0.1, 0.15) is 0 Å². The number of rotatable bonds is 1. The SMILES string of the molecule is NC(=O)Oc1ccc2c(c1)NC=CN2. The highest BCUT2D eigenvalue weighted by atomic mass is 16.5. The molecule has 1 heterocycles. The molecular weight excluding hydrogens is 182 g/mol. The molecule has 0 fully saturated rings. The molecule has 5 nitrogen and oxygen atoms in total. The maximum atomic E-state index is 10.5. The van der Waals surface area contributed by atoms with E-state index in [2.05, 4.69) is 10.6 Å². The van der Waals surface area contributed by atoms with Gasteiger partial charge in [0.15, 0.2) is 0 Å². The molecule has 4 N–H and O–H groups in total. The van der Waals surface area contributed by atoms with Crippen molar-refractivity contribution in [3.63, 3.8) is 0 Å². The standard InChI is InChI=1S/C9H9N3O2/c10-9(13)14-6-1-2-7-8(5-6)12-4-3-11-7/h1-5,11-12H,(H2,10,13). The Morgan fingerprint density at radius 3 is 2.64 bits per heavy atom. The largest absolute Gasteiger partial charge is 0.410 e. The van der Waals surface area contributed by atoms with Gasteiger partial charge < -0.3 is 21.1 Å². The summed E-state index contributed by atoms with van der Waals surface area (Å²) in [6.45, 7) is 0. The molecule has 5 heteroatoms. The van der Waals surface area contributed by atoms with E-state index in [1.807, 2.05) is 0 Å². The van der Waals surface area contributed by atoms with Gasteiger partial charge in [0.25, 0.3) is 0 Å². The van der Waals surface area contributed by atoms with Gasteiger partial charge in [-0.2, -0.15) is 0 Å². The Labute approximate surface area is 80.5 Å². The van der Waals surface area contributed by atoms with Crippen molar-refractivity contribution in [1.82, 2.24) is 0 Å². The Balaban J connectivity index is 2.27. The van der Waals surface area contributed by atoms with Crippen molar-refractivity contribution in [3.8, 4) is 5.75 Å². The van der Waals surface area contributed by atoms with Gasteiger partial charge in [0, 0.05) is 18.5 Å². The van der Waals surface area contributed by atoms with E-state index >= 15 is 0 Å². The third-order valence-corrected chi connectivity index (χ3v) is 1.77. The fraction of sp³-hybridized carbons (Fsp3) is 0. The van der Waals surface area contributed by atoms with Crippen LogP contribution in [0.3, 0.4) is 0 Å². The zero-order valence-electron chi connectivity index (χ0n) is 7.28. The van der Waals surface area contributed by atoms with Crippen LogP contribution < -0.4 is 21.1 Å². The second-order valence-electron chi connectivity index (χ2n) is 2.75. The predicted molar refractivity (Wildman–Crippen MR) is 53.0 cm³/mol. The number of fused-ring (bicyclic) bond motifs is 1. The van der Waals surface area contributed by atoms with Crippen LogP contribution in [0.25, 0.3) is 0 Å². The number of carbonyl (C=O) groups excluding carboxylic acids is 1. The van der Waals surface area contributed by atoms with Crippen molar-refractivity contribution >= 4 is 17.5 Å². The first kappa shape index (κ1) is 8.43. The van der Waals surface area contributed by atoms with Crippen LogP contribution in [0.2, 0.25) is 0 Å². The minimum absolute atomic E-state index is 0.417. The van der Waals surface area contributed by atoms with Crippen molar-refractivity contribution < 1.29 is 9.53 Å². The molecule has 0 radical (unpaired) electrons. The summed E-state index contributed by atoms with van der Waals surface area (Å²) in [5, 5.41) is 6.03. The number of nitrogens with two attached hydrogens (primary N) is 1. The smallest absolute Gasteiger partial charge is 0.409 e. The van der Waals surface area contributed by atoms with E-state index in [4.69, 9.17) is 10.5 Å². The highest BCUT2D eigenvalue weighted by molar-refractivity contribution is 5.76. The van der Waals surface area contributed by atoms with Gasteiger partial charge >= 0.3 is 6.09 Å². The lowest BCUT2D eigenvalue weighted by molar-refractivity contribution is 0.211. The molecule has 1 amide bonds. The summed E-state index contributed by atoms with van der Waals surface area (Å²) in [6.07, 6.45) is 2.71. The zero-order valence-corrected chi connectivity index (χ0v) is 7.28. The molecule has 1 aromatic rings. The molecule has 0 aliphatic carbocycles. The molecule has 0 saturated heterocycles. The van der Waals surface area contributed by atoms with Crippen molar-refractivity contribution in [1.29, 1.82) is 0 Å². The van der Waals surface area contributed by atoms with Crippen LogP contribution in [0, 0.1) is 0 Å². The number of nitrogens with one attached hydrogen (secondary N) is 2. The molecule has 0 unspecified atom stereocenters. The van der Waals surface area contributed by atoms with Crippen LogP contribution in [0.4, 0.5) is 16.2 Å². The van der Waals surface area contributed by atoms with Crippen LogP contribution in [0.15, 0.2) is 30.6 Å².